The highest BCUT2D eigenvalue weighted by Gasteiger charge is 2.36. The van der Waals surface area contributed by atoms with Gasteiger partial charge in [0, 0.05) is 58.9 Å². The Balaban J connectivity index is 1.31. The SMILES string of the molecule is Cc1cc(Nc2nccs2)cc([C@@H]2CCN(C(=O)c3n[nH]c4c3C[C@@H](C(C)(C)C)CC4)C2)n1. The van der Waals surface area contributed by atoms with E-state index in [-0.39, 0.29) is 17.2 Å². The molecule has 3 aromatic heterocycles. The number of H-pyrrole nitrogens is 1. The zero-order valence-electron chi connectivity index (χ0n) is 19.8. The van der Waals surface area contributed by atoms with Crippen molar-refractivity contribution in [1.29, 1.82) is 0 Å². The minimum absolute atomic E-state index is 0.0540. The largest absolute Gasteiger partial charge is 0.337 e. The Hall–Kier alpha value is -2.74. The van der Waals surface area contributed by atoms with Crippen molar-refractivity contribution in [2.75, 3.05) is 18.4 Å². The summed E-state index contributed by atoms with van der Waals surface area (Å²) in [7, 11) is 0. The number of thiazole rings is 1. The number of likely N-dealkylation sites (tertiary alicyclic amines) is 1. The molecule has 2 N–H and O–H groups in total. The maximum atomic E-state index is 13.5. The van der Waals surface area contributed by atoms with Crippen LogP contribution in [0.25, 0.3) is 0 Å². The number of fused-ring (bicyclic) bond motifs is 1. The topological polar surface area (TPSA) is 86.8 Å². The standard InChI is InChI=1S/C25H32N6OS/c1-15-11-18(28-24-26-8-10-33-24)13-21(27-15)16-7-9-31(14-16)23(32)22-19-12-17(25(2,3)4)5-6-20(19)29-30-22/h8,10-11,13,16-17H,5-7,9,12,14H2,1-4H3,(H,29,30)(H,26,27,28)/t16-,17+/m1/s1. The Kier molecular flexibility index (Phi) is 5.72. The minimum Gasteiger partial charge on any atom is -0.337 e. The first kappa shape index (κ1) is 22.1. The van der Waals surface area contributed by atoms with Gasteiger partial charge in [-0.15, -0.1) is 11.3 Å². The lowest BCUT2D eigenvalue weighted by Crippen LogP contribution is -2.31. The van der Waals surface area contributed by atoms with Crippen LogP contribution in [0, 0.1) is 18.3 Å². The zero-order valence-corrected chi connectivity index (χ0v) is 20.6. The molecule has 8 heteroatoms. The van der Waals surface area contributed by atoms with Gasteiger partial charge in [-0.2, -0.15) is 5.10 Å². The van der Waals surface area contributed by atoms with Crippen molar-refractivity contribution in [2.24, 2.45) is 11.3 Å². The average Bonchev–Trinajstić information content (AvgIpc) is 3.52. The van der Waals surface area contributed by atoms with Gasteiger partial charge < -0.3 is 10.2 Å². The summed E-state index contributed by atoms with van der Waals surface area (Å²) in [4.78, 5) is 24.5. The predicted molar refractivity (Wildman–Crippen MR) is 131 cm³/mol. The molecular weight excluding hydrogens is 432 g/mol. The number of hydrogen-bond donors (Lipinski definition) is 2. The second kappa shape index (κ2) is 8.56. The Morgan fingerprint density at radius 1 is 1.27 bits per heavy atom. The van der Waals surface area contributed by atoms with Gasteiger partial charge in [-0.05, 0) is 56.1 Å². The van der Waals surface area contributed by atoms with Crippen LogP contribution >= 0.6 is 11.3 Å². The molecule has 2 atom stereocenters. The fourth-order valence-corrected chi connectivity index (χ4v) is 5.68. The highest BCUT2D eigenvalue weighted by Crippen LogP contribution is 2.38. The maximum Gasteiger partial charge on any atom is 0.274 e. The van der Waals surface area contributed by atoms with Crippen molar-refractivity contribution in [3.63, 3.8) is 0 Å². The summed E-state index contributed by atoms with van der Waals surface area (Å²) in [5, 5.41) is 13.8. The molecule has 1 aliphatic carbocycles. The summed E-state index contributed by atoms with van der Waals surface area (Å²) >= 11 is 1.57. The van der Waals surface area contributed by atoms with Crippen molar-refractivity contribution < 1.29 is 4.79 Å². The number of aromatic amines is 1. The molecule has 5 rings (SSSR count). The smallest absolute Gasteiger partial charge is 0.274 e. The van der Waals surface area contributed by atoms with Gasteiger partial charge in [-0.3, -0.25) is 14.9 Å². The van der Waals surface area contributed by atoms with Gasteiger partial charge in [-0.25, -0.2) is 4.98 Å². The minimum atomic E-state index is 0.0540. The number of aromatic nitrogens is 4. The molecule has 0 aromatic carbocycles. The molecule has 1 fully saturated rings. The molecule has 174 valence electrons. The van der Waals surface area contributed by atoms with Gasteiger partial charge in [0.05, 0.1) is 0 Å². The third kappa shape index (κ3) is 4.53. The number of amides is 1. The van der Waals surface area contributed by atoms with Crippen molar-refractivity contribution >= 4 is 28.1 Å². The first-order valence-corrected chi connectivity index (χ1v) is 12.7. The number of rotatable bonds is 4. The highest BCUT2D eigenvalue weighted by molar-refractivity contribution is 7.13. The van der Waals surface area contributed by atoms with Gasteiger partial charge in [0.2, 0.25) is 0 Å². The van der Waals surface area contributed by atoms with Gasteiger partial charge in [0.15, 0.2) is 10.8 Å². The molecule has 0 saturated carbocycles. The quantitative estimate of drug-likeness (QED) is 0.561. The number of pyridine rings is 1. The number of carbonyl (C=O) groups is 1. The van der Waals surface area contributed by atoms with E-state index in [1.54, 1.807) is 17.5 Å². The highest BCUT2D eigenvalue weighted by atomic mass is 32.1. The molecular formula is C25H32N6OS. The van der Waals surface area contributed by atoms with Crippen molar-refractivity contribution in [3.05, 3.63) is 52.0 Å². The summed E-state index contributed by atoms with van der Waals surface area (Å²) < 4.78 is 0. The first-order valence-electron chi connectivity index (χ1n) is 11.8. The molecule has 7 nitrogen and oxygen atoms in total. The van der Waals surface area contributed by atoms with E-state index in [1.165, 1.54) is 0 Å². The van der Waals surface area contributed by atoms with Crippen LogP contribution in [0.3, 0.4) is 0 Å². The first-order chi connectivity index (χ1) is 15.8. The molecule has 1 saturated heterocycles. The third-order valence-corrected chi connectivity index (χ3v) is 7.81. The van der Waals surface area contributed by atoms with Crippen LogP contribution in [-0.4, -0.2) is 44.1 Å². The average molecular weight is 465 g/mol. The van der Waals surface area contributed by atoms with E-state index in [0.29, 0.717) is 18.2 Å². The van der Waals surface area contributed by atoms with Gasteiger partial charge in [0.1, 0.15) is 0 Å². The molecule has 0 radical (unpaired) electrons. The molecule has 0 spiro atoms. The molecule has 33 heavy (non-hydrogen) atoms. The number of carbonyl (C=O) groups excluding carboxylic acids is 1. The molecule has 0 unspecified atom stereocenters. The Bertz CT molecular complexity index is 1150. The second-order valence-corrected chi connectivity index (χ2v) is 11.4. The predicted octanol–water partition coefficient (Wildman–Crippen LogP) is 5.09. The van der Waals surface area contributed by atoms with Crippen molar-refractivity contribution in [3.8, 4) is 0 Å². The van der Waals surface area contributed by atoms with E-state index >= 15 is 0 Å². The fraction of sp³-hybridized carbons (Fsp3) is 0.520. The number of nitrogens with one attached hydrogen (secondary N) is 2. The Morgan fingerprint density at radius 2 is 2.12 bits per heavy atom. The fourth-order valence-electron chi connectivity index (χ4n) is 5.13. The second-order valence-electron chi connectivity index (χ2n) is 10.5. The van der Waals surface area contributed by atoms with Crippen LogP contribution in [0.1, 0.15) is 72.7 Å². The molecule has 1 amide bonds. The Labute approximate surface area is 199 Å². The van der Waals surface area contributed by atoms with E-state index in [2.05, 4.69) is 47.3 Å². The zero-order chi connectivity index (χ0) is 23.2. The molecule has 4 heterocycles. The summed E-state index contributed by atoms with van der Waals surface area (Å²) in [5.74, 6) is 0.849. The van der Waals surface area contributed by atoms with Crippen molar-refractivity contribution in [1.82, 2.24) is 25.1 Å². The van der Waals surface area contributed by atoms with Gasteiger partial charge in [0.25, 0.3) is 5.91 Å². The molecule has 3 aromatic rings. The molecule has 1 aliphatic heterocycles. The lowest BCUT2D eigenvalue weighted by molar-refractivity contribution is 0.0782. The summed E-state index contributed by atoms with van der Waals surface area (Å²) in [6, 6.07) is 4.13. The monoisotopic (exact) mass is 464 g/mol. The number of hydrogen-bond acceptors (Lipinski definition) is 6. The maximum absolute atomic E-state index is 13.5. The van der Waals surface area contributed by atoms with Gasteiger partial charge in [-0.1, -0.05) is 20.8 Å². The molecule has 2 aliphatic rings. The summed E-state index contributed by atoms with van der Waals surface area (Å²) in [6.07, 6.45) is 5.76. The lowest BCUT2D eigenvalue weighted by Gasteiger charge is -2.34. The van der Waals surface area contributed by atoms with E-state index < -0.39 is 0 Å². The number of anilines is 2. The lowest BCUT2D eigenvalue weighted by atomic mass is 9.71. The van der Waals surface area contributed by atoms with E-state index in [9.17, 15) is 4.79 Å². The van der Waals surface area contributed by atoms with E-state index in [0.717, 1.165) is 65.7 Å². The summed E-state index contributed by atoms with van der Waals surface area (Å²) in [6.45, 7) is 10.3. The van der Waals surface area contributed by atoms with Gasteiger partial charge >= 0.3 is 0 Å². The van der Waals surface area contributed by atoms with Crippen LogP contribution in [0.2, 0.25) is 0 Å². The van der Waals surface area contributed by atoms with Crippen molar-refractivity contribution in [2.45, 2.75) is 59.3 Å². The molecule has 0 bridgehead atoms. The van der Waals surface area contributed by atoms with Crippen LogP contribution in [0.5, 0.6) is 0 Å². The van der Waals surface area contributed by atoms with Crippen LogP contribution < -0.4 is 5.32 Å². The Morgan fingerprint density at radius 3 is 2.88 bits per heavy atom. The number of aryl methyl sites for hydroxylation is 2. The van der Waals surface area contributed by atoms with E-state index in [1.807, 2.05) is 23.3 Å². The van der Waals surface area contributed by atoms with Crippen LogP contribution in [0.4, 0.5) is 10.8 Å². The normalized spacial score (nSPS) is 20.7. The third-order valence-electron chi connectivity index (χ3n) is 7.12. The summed E-state index contributed by atoms with van der Waals surface area (Å²) in [5.41, 5.74) is 6.13. The van der Waals surface area contributed by atoms with E-state index in [4.69, 9.17) is 4.98 Å². The van der Waals surface area contributed by atoms with Crippen LogP contribution in [-0.2, 0) is 12.8 Å². The number of nitrogens with zero attached hydrogens (tertiary/aromatic N) is 4. The van der Waals surface area contributed by atoms with Crippen LogP contribution in [0.15, 0.2) is 23.7 Å².